The van der Waals surface area contributed by atoms with Gasteiger partial charge in [0.15, 0.2) is 0 Å². The second kappa shape index (κ2) is 8.37. The Balaban J connectivity index is 1.44. The summed E-state index contributed by atoms with van der Waals surface area (Å²) in [4.78, 5) is 24.3. The molecular formula is C22H27N5O2. The van der Waals surface area contributed by atoms with E-state index in [1.54, 1.807) is 13.1 Å². The van der Waals surface area contributed by atoms with E-state index >= 15 is 0 Å². The van der Waals surface area contributed by atoms with Crippen LogP contribution in [0.2, 0.25) is 0 Å². The van der Waals surface area contributed by atoms with Crippen molar-refractivity contribution in [3.8, 4) is 11.5 Å². The molecule has 29 heavy (non-hydrogen) atoms. The summed E-state index contributed by atoms with van der Waals surface area (Å²) in [7, 11) is 0. The van der Waals surface area contributed by atoms with Gasteiger partial charge in [-0.1, -0.05) is 19.9 Å². The number of rotatable bonds is 6. The van der Waals surface area contributed by atoms with Gasteiger partial charge in [-0.2, -0.15) is 0 Å². The molecule has 7 heteroatoms. The van der Waals surface area contributed by atoms with Crippen molar-refractivity contribution in [1.82, 2.24) is 25.1 Å². The number of nitrogens with zero attached hydrogens (tertiary/aromatic N) is 5. The number of likely N-dealkylation sites (tertiary alicyclic amines) is 1. The third-order valence-electron chi connectivity index (χ3n) is 5.40. The first kappa shape index (κ1) is 19.6. The van der Waals surface area contributed by atoms with Gasteiger partial charge >= 0.3 is 0 Å². The molecule has 1 aliphatic rings. The zero-order chi connectivity index (χ0) is 20.4. The number of hydrogen-bond acceptors (Lipinski definition) is 7. The minimum absolute atomic E-state index is 0.116. The van der Waals surface area contributed by atoms with Crippen molar-refractivity contribution in [2.45, 2.75) is 40.0 Å². The fourth-order valence-corrected chi connectivity index (χ4v) is 3.95. The van der Waals surface area contributed by atoms with E-state index < -0.39 is 0 Å². The molecule has 1 saturated heterocycles. The normalized spacial score (nSPS) is 16.0. The molecular weight excluding hydrogens is 366 g/mol. The topological polar surface area (TPSA) is 85.0 Å². The number of carbonyl (C=O) groups is 1. The van der Waals surface area contributed by atoms with Gasteiger partial charge < -0.3 is 9.32 Å². The number of fused-ring (bicyclic) bond motifs is 1. The summed E-state index contributed by atoms with van der Waals surface area (Å²) in [6.07, 6.45) is 3.92. The summed E-state index contributed by atoms with van der Waals surface area (Å²) in [5.74, 6) is 2.59. The van der Waals surface area contributed by atoms with Gasteiger partial charge in [0, 0.05) is 36.5 Å². The van der Waals surface area contributed by atoms with Gasteiger partial charge in [0.2, 0.25) is 11.8 Å². The third-order valence-corrected chi connectivity index (χ3v) is 5.40. The number of benzene rings is 1. The van der Waals surface area contributed by atoms with Crippen LogP contribution in [0.25, 0.3) is 22.4 Å². The first-order valence-electron chi connectivity index (χ1n) is 10.3. The Morgan fingerprint density at radius 2 is 2.03 bits per heavy atom. The van der Waals surface area contributed by atoms with Crippen LogP contribution < -0.4 is 0 Å². The van der Waals surface area contributed by atoms with Gasteiger partial charge in [-0.05, 0) is 44.0 Å². The molecule has 2 aromatic heterocycles. The van der Waals surface area contributed by atoms with Crippen molar-refractivity contribution in [3.05, 3.63) is 36.1 Å². The molecule has 7 nitrogen and oxygen atoms in total. The molecule has 152 valence electrons. The van der Waals surface area contributed by atoms with E-state index in [0.29, 0.717) is 23.5 Å². The van der Waals surface area contributed by atoms with Crippen LogP contribution in [0.4, 0.5) is 0 Å². The summed E-state index contributed by atoms with van der Waals surface area (Å²) < 4.78 is 5.50. The molecule has 0 radical (unpaired) electrons. The van der Waals surface area contributed by atoms with Crippen LogP contribution in [0.1, 0.15) is 38.4 Å². The number of Topliss-reactive ketones (excluding diaryl/α,β-unsaturated/α-hetero) is 1. The highest BCUT2D eigenvalue weighted by molar-refractivity contribution is 5.85. The molecule has 1 aliphatic heterocycles. The van der Waals surface area contributed by atoms with Gasteiger partial charge in [0.25, 0.3) is 0 Å². The Bertz CT molecular complexity index is 1010. The first-order valence-corrected chi connectivity index (χ1v) is 10.3. The molecule has 0 unspecified atom stereocenters. The fraction of sp³-hybridized carbons (Fsp3) is 0.500. The summed E-state index contributed by atoms with van der Waals surface area (Å²) in [5.41, 5.74) is 1.59. The SMILES string of the molecule is Cc1nnc(-c2ccc3cnc(CC(=O)C4CCN(CC(C)C)CC4)nc3c2)o1. The van der Waals surface area contributed by atoms with Crippen LogP contribution in [0, 0.1) is 18.8 Å². The van der Waals surface area contributed by atoms with Crippen LogP contribution in [0.3, 0.4) is 0 Å². The van der Waals surface area contributed by atoms with E-state index in [-0.39, 0.29) is 18.1 Å². The first-order chi connectivity index (χ1) is 14.0. The maximum absolute atomic E-state index is 12.8. The van der Waals surface area contributed by atoms with E-state index in [1.165, 1.54) is 0 Å². The van der Waals surface area contributed by atoms with Gasteiger partial charge in [-0.3, -0.25) is 4.79 Å². The second-order valence-corrected chi connectivity index (χ2v) is 8.30. The highest BCUT2D eigenvalue weighted by Gasteiger charge is 2.25. The molecule has 3 aromatic rings. The van der Waals surface area contributed by atoms with Gasteiger partial charge in [0.05, 0.1) is 11.9 Å². The summed E-state index contributed by atoms with van der Waals surface area (Å²) in [6.45, 7) is 9.34. The van der Waals surface area contributed by atoms with Crippen LogP contribution in [0.15, 0.2) is 28.8 Å². The average molecular weight is 393 g/mol. The molecule has 0 amide bonds. The van der Waals surface area contributed by atoms with E-state index in [2.05, 4.69) is 38.9 Å². The number of carbonyl (C=O) groups excluding carboxylic acids is 1. The minimum atomic E-state index is 0.116. The minimum Gasteiger partial charge on any atom is -0.421 e. The lowest BCUT2D eigenvalue weighted by molar-refractivity contribution is -0.123. The van der Waals surface area contributed by atoms with E-state index in [4.69, 9.17) is 4.42 Å². The number of hydrogen-bond donors (Lipinski definition) is 0. The zero-order valence-electron chi connectivity index (χ0n) is 17.3. The van der Waals surface area contributed by atoms with Crippen molar-refractivity contribution in [2.24, 2.45) is 11.8 Å². The van der Waals surface area contributed by atoms with E-state index in [9.17, 15) is 4.79 Å². The molecule has 3 heterocycles. The Morgan fingerprint density at radius 3 is 2.72 bits per heavy atom. The third kappa shape index (κ3) is 4.67. The lowest BCUT2D eigenvalue weighted by Crippen LogP contribution is -2.38. The van der Waals surface area contributed by atoms with Gasteiger partial charge in [-0.25, -0.2) is 9.97 Å². The monoisotopic (exact) mass is 393 g/mol. The van der Waals surface area contributed by atoms with Crippen molar-refractivity contribution < 1.29 is 9.21 Å². The Morgan fingerprint density at radius 1 is 1.24 bits per heavy atom. The molecule has 4 rings (SSSR count). The summed E-state index contributed by atoms with van der Waals surface area (Å²) >= 11 is 0. The number of piperidine rings is 1. The van der Waals surface area contributed by atoms with E-state index in [1.807, 2.05) is 18.2 Å². The fourth-order valence-electron chi connectivity index (χ4n) is 3.95. The van der Waals surface area contributed by atoms with Gasteiger partial charge in [0.1, 0.15) is 11.6 Å². The Labute approximate surface area is 170 Å². The van der Waals surface area contributed by atoms with Crippen LogP contribution in [-0.4, -0.2) is 50.5 Å². The maximum atomic E-state index is 12.8. The van der Waals surface area contributed by atoms with Crippen molar-refractivity contribution in [2.75, 3.05) is 19.6 Å². The molecule has 1 aromatic carbocycles. The van der Waals surface area contributed by atoms with Gasteiger partial charge in [-0.15, -0.1) is 10.2 Å². The number of aromatic nitrogens is 4. The average Bonchev–Trinajstić information content (AvgIpc) is 3.14. The standard InChI is InChI=1S/C22H27N5O2/c1-14(2)13-27-8-6-16(7-9-27)20(28)11-21-23-12-18-5-4-17(10-19(18)24-21)22-26-25-15(3)29-22/h4-5,10,12,14,16H,6-9,11,13H2,1-3H3. The lowest BCUT2D eigenvalue weighted by atomic mass is 9.90. The molecule has 0 spiro atoms. The number of ketones is 1. The highest BCUT2D eigenvalue weighted by atomic mass is 16.4. The van der Waals surface area contributed by atoms with Crippen molar-refractivity contribution in [1.29, 1.82) is 0 Å². The summed E-state index contributed by atoms with van der Waals surface area (Å²) in [5, 5.41) is 8.86. The maximum Gasteiger partial charge on any atom is 0.247 e. The molecule has 0 saturated carbocycles. The van der Waals surface area contributed by atoms with Crippen molar-refractivity contribution in [3.63, 3.8) is 0 Å². The second-order valence-electron chi connectivity index (χ2n) is 8.30. The molecule has 0 atom stereocenters. The van der Waals surface area contributed by atoms with E-state index in [0.717, 1.165) is 48.9 Å². The Hall–Kier alpha value is -2.67. The van der Waals surface area contributed by atoms with Crippen LogP contribution >= 0.6 is 0 Å². The molecule has 0 aliphatic carbocycles. The predicted octanol–water partition coefficient (Wildman–Crippen LogP) is 3.47. The molecule has 0 N–H and O–H groups in total. The quantitative estimate of drug-likeness (QED) is 0.634. The largest absolute Gasteiger partial charge is 0.421 e. The predicted molar refractivity (Wildman–Crippen MR) is 110 cm³/mol. The lowest BCUT2D eigenvalue weighted by Gasteiger charge is -2.32. The highest BCUT2D eigenvalue weighted by Crippen LogP contribution is 2.23. The van der Waals surface area contributed by atoms with Crippen LogP contribution in [-0.2, 0) is 11.2 Å². The molecule has 1 fully saturated rings. The van der Waals surface area contributed by atoms with Crippen molar-refractivity contribution >= 4 is 16.7 Å². The summed E-state index contributed by atoms with van der Waals surface area (Å²) in [6, 6.07) is 5.75. The van der Waals surface area contributed by atoms with Crippen LogP contribution in [0.5, 0.6) is 0 Å². The Kier molecular flexibility index (Phi) is 5.67. The number of aryl methyl sites for hydroxylation is 1. The zero-order valence-corrected chi connectivity index (χ0v) is 17.3. The molecule has 0 bridgehead atoms. The smallest absolute Gasteiger partial charge is 0.247 e.